The lowest BCUT2D eigenvalue weighted by molar-refractivity contribution is -0.259. The molecule has 22 heavy (non-hydrogen) atoms. The molecule has 0 N–H and O–H groups in total. The average Bonchev–Trinajstić information content (AvgIpc) is 2.43. The van der Waals surface area contributed by atoms with E-state index in [1.807, 2.05) is 0 Å². The lowest BCUT2D eigenvalue weighted by Gasteiger charge is -2.16. The normalized spacial score (nSPS) is 10.4. The Morgan fingerprint density at radius 2 is 0.682 bits per heavy atom. The minimum atomic E-state index is -1.81. The summed E-state index contributed by atoms with van der Waals surface area (Å²) in [5.41, 5.74) is -2.90. The summed E-state index contributed by atoms with van der Waals surface area (Å²) in [6.45, 7) is 0. The van der Waals surface area contributed by atoms with Crippen LogP contribution >= 0.6 is 0 Å². The average molecular weight is 300 g/mol. The third-order valence-electron chi connectivity index (χ3n) is 2.99. The summed E-state index contributed by atoms with van der Waals surface area (Å²) < 4.78 is 0. The lowest BCUT2D eigenvalue weighted by Crippen LogP contribution is -2.31. The molecule has 0 bridgehead atoms. The van der Waals surface area contributed by atoms with E-state index in [2.05, 4.69) is 0 Å². The number of carbonyl (C=O) groups is 4. The third-order valence-corrected chi connectivity index (χ3v) is 2.99. The maximum Gasteiger partial charge on any atom is 0.0722 e. The van der Waals surface area contributed by atoms with E-state index in [1.54, 1.807) is 0 Å². The molecule has 8 nitrogen and oxygen atoms in total. The second-order valence-electron chi connectivity index (χ2n) is 4.29. The van der Waals surface area contributed by atoms with Crippen molar-refractivity contribution in [2.45, 2.75) is 0 Å². The quantitative estimate of drug-likeness (QED) is 0.557. The van der Waals surface area contributed by atoms with Crippen LogP contribution < -0.4 is 20.4 Å². The van der Waals surface area contributed by atoms with Crippen molar-refractivity contribution in [1.82, 2.24) is 0 Å². The fourth-order valence-electron chi connectivity index (χ4n) is 2.03. The smallest absolute Gasteiger partial charge is 0.0722 e. The van der Waals surface area contributed by atoms with Crippen molar-refractivity contribution in [2.24, 2.45) is 0 Å². The van der Waals surface area contributed by atoms with Crippen LogP contribution in [0, 0.1) is 0 Å². The fraction of sp³-hybridized carbons (Fsp3) is 0. The zero-order chi connectivity index (χ0) is 16.6. The summed E-state index contributed by atoms with van der Waals surface area (Å²) in [5.74, 6) is -7.22. The van der Waals surface area contributed by atoms with Crippen molar-refractivity contribution in [3.05, 3.63) is 46.5 Å². The van der Waals surface area contributed by atoms with Gasteiger partial charge in [-0.1, -0.05) is 0 Å². The Labute approximate surface area is 121 Å². The van der Waals surface area contributed by atoms with Crippen LogP contribution in [-0.2, 0) is 0 Å². The minimum absolute atomic E-state index is 0.0200. The Bertz CT molecular complexity index is 712. The molecule has 0 amide bonds. The zero-order valence-electron chi connectivity index (χ0n) is 10.6. The van der Waals surface area contributed by atoms with Gasteiger partial charge in [0.25, 0.3) is 0 Å². The Balaban J connectivity index is 2.90. The van der Waals surface area contributed by atoms with E-state index >= 15 is 0 Å². The monoisotopic (exact) mass is 300 g/mol. The molecule has 0 aromatic heterocycles. The van der Waals surface area contributed by atoms with Gasteiger partial charge in [-0.05, 0) is 35.0 Å². The van der Waals surface area contributed by atoms with Crippen molar-refractivity contribution in [3.63, 3.8) is 0 Å². The topological polar surface area (TPSA) is 161 Å². The summed E-state index contributed by atoms with van der Waals surface area (Å²) >= 11 is 0. The highest BCUT2D eigenvalue weighted by atomic mass is 16.4. The lowest BCUT2D eigenvalue weighted by atomic mass is 9.96. The maximum atomic E-state index is 10.9. The molecule has 0 heterocycles. The van der Waals surface area contributed by atoms with Gasteiger partial charge in [-0.2, -0.15) is 0 Å². The van der Waals surface area contributed by atoms with Crippen molar-refractivity contribution in [1.29, 1.82) is 0 Å². The first kappa shape index (κ1) is 15.0. The number of hydrogen-bond acceptors (Lipinski definition) is 8. The van der Waals surface area contributed by atoms with Gasteiger partial charge >= 0.3 is 0 Å². The Hall–Kier alpha value is -3.42. The molecule has 0 saturated heterocycles. The van der Waals surface area contributed by atoms with Crippen LogP contribution in [0.4, 0.5) is 0 Å². The van der Waals surface area contributed by atoms with Crippen LogP contribution in [0.1, 0.15) is 41.4 Å². The van der Waals surface area contributed by atoms with Crippen molar-refractivity contribution in [3.8, 4) is 0 Å². The second kappa shape index (κ2) is 5.17. The van der Waals surface area contributed by atoms with Gasteiger partial charge < -0.3 is 39.6 Å². The molecule has 0 unspecified atom stereocenters. The molecule has 0 aliphatic heterocycles. The molecule has 2 aromatic carbocycles. The maximum absolute atomic E-state index is 10.9. The molecule has 0 fully saturated rings. The highest BCUT2D eigenvalue weighted by molar-refractivity contribution is 6.09. The second-order valence-corrected chi connectivity index (χ2v) is 4.29. The van der Waals surface area contributed by atoms with Gasteiger partial charge in [-0.15, -0.1) is 0 Å². The van der Waals surface area contributed by atoms with E-state index in [4.69, 9.17) is 0 Å². The first-order valence-corrected chi connectivity index (χ1v) is 5.69. The van der Waals surface area contributed by atoms with Crippen LogP contribution in [0.2, 0.25) is 0 Å². The van der Waals surface area contributed by atoms with Gasteiger partial charge in [0.05, 0.1) is 23.9 Å². The van der Waals surface area contributed by atoms with Crippen molar-refractivity contribution >= 4 is 34.6 Å². The van der Waals surface area contributed by atoms with Gasteiger partial charge in [0.15, 0.2) is 0 Å². The summed E-state index contributed by atoms with van der Waals surface area (Å²) in [7, 11) is 0. The number of carboxylic acids is 4. The number of aromatic carboxylic acids is 4. The SMILES string of the molecule is O=C([O-])c1cc2cc(C(=O)[O-])c(C(=O)[O-])cc2cc1C(=O)[O-]. The van der Waals surface area contributed by atoms with Crippen LogP contribution in [-0.4, -0.2) is 23.9 Å². The van der Waals surface area contributed by atoms with E-state index in [9.17, 15) is 39.6 Å². The Kier molecular flexibility index (Phi) is 3.52. The molecule has 0 radical (unpaired) electrons. The van der Waals surface area contributed by atoms with Gasteiger partial charge in [0, 0.05) is 22.3 Å². The molecule has 0 atom stereocenters. The van der Waals surface area contributed by atoms with Gasteiger partial charge in [-0.25, -0.2) is 0 Å². The zero-order valence-corrected chi connectivity index (χ0v) is 10.6. The standard InChI is InChI=1S/C14H8O8/c15-11(16)7-1-5-2-9(13(19)20)10(14(21)22)4-6(5)3-8(7)12(17)18/h1-4H,(H,15,16)(H,17,18)(H,19,20)(H,21,22)/p-4. The molecule has 0 spiro atoms. The molecule has 8 heteroatoms. The summed E-state index contributed by atoms with van der Waals surface area (Å²) in [6, 6.07) is 3.39. The Morgan fingerprint density at radius 3 is 0.818 bits per heavy atom. The molecule has 2 rings (SSSR count). The number of hydrogen-bond donors (Lipinski definition) is 0. The van der Waals surface area contributed by atoms with Crippen molar-refractivity contribution in [2.75, 3.05) is 0 Å². The summed E-state index contributed by atoms with van der Waals surface area (Å²) in [5, 5.41) is 43.7. The van der Waals surface area contributed by atoms with Crippen LogP contribution in [0.3, 0.4) is 0 Å². The molecule has 2 aromatic rings. The number of fused-ring (bicyclic) bond motifs is 1. The molecular formula is C14H4O8-4. The Morgan fingerprint density at radius 1 is 0.500 bits per heavy atom. The van der Waals surface area contributed by atoms with Gasteiger partial charge in [-0.3, -0.25) is 0 Å². The highest BCUT2D eigenvalue weighted by Crippen LogP contribution is 2.24. The van der Waals surface area contributed by atoms with Crippen LogP contribution in [0.15, 0.2) is 24.3 Å². The van der Waals surface area contributed by atoms with E-state index in [1.165, 1.54) is 0 Å². The molecular weight excluding hydrogens is 296 g/mol. The van der Waals surface area contributed by atoms with Gasteiger partial charge in [0.1, 0.15) is 0 Å². The van der Waals surface area contributed by atoms with Crippen LogP contribution in [0.5, 0.6) is 0 Å². The highest BCUT2D eigenvalue weighted by Gasteiger charge is 2.12. The van der Waals surface area contributed by atoms with E-state index in [0.717, 1.165) is 24.3 Å². The minimum Gasteiger partial charge on any atom is -0.545 e. The summed E-state index contributed by atoms with van der Waals surface area (Å²) in [6.07, 6.45) is 0. The molecule has 112 valence electrons. The predicted octanol–water partition coefficient (Wildman–Crippen LogP) is -3.71. The number of carboxylic acid groups (broad SMARTS) is 4. The fourth-order valence-corrected chi connectivity index (χ4v) is 2.03. The van der Waals surface area contributed by atoms with Gasteiger partial charge in [0.2, 0.25) is 0 Å². The molecule has 0 aliphatic rings. The molecule has 0 saturated carbocycles. The first-order chi connectivity index (χ1) is 10.2. The number of rotatable bonds is 4. The van der Waals surface area contributed by atoms with E-state index in [-0.39, 0.29) is 10.8 Å². The third kappa shape index (κ3) is 2.44. The van der Waals surface area contributed by atoms with Crippen LogP contribution in [0.25, 0.3) is 10.8 Å². The van der Waals surface area contributed by atoms with E-state index < -0.39 is 46.1 Å². The largest absolute Gasteiger partial charge is 0.545 e. The van der Waals surface area contributed by atoms with E-state index in [0.29, 0.717) is 0 Å². The van der Waals surface area contributed by atoms with Crippen molar-refractivity contribution < 1.29 is 39.6 Å². The first-order valence-electron chi connectivity index (χ1n) is 5.69. The number of benzene rings is 2. The molecule has 0 aliphatic carbocycles. The predicted molar refractivity (Wildman–Crippen MR) is 61.3 cm³/mol. The number of carbonyl (C=O) groups excluding carboxylic acids is 4. The summed E-state index contributed by atoms with van der Waals surface area (Å²) in [4.78, 5) is 43.7.